The third-order valence-corrected chi connectivity index (χ3v) is 5.06. The lowest BCUT2D eigenvalue weighted by atomic mass is 9.96. The fraction of sp³-hybridized carbons (Fsp3) is 0.381. The van der Waals surface area contributed by atoms with Crippen LogP contribution in [0.25, 0.3) is 11.5 Å². The van der Waals surface area contributed by atoms with Crippen molar-refractivity contribution >= 4 is 5.82 Å². The van der Waals surface area contributed by atoms with Gasteiger partial charge in [0.15, 0.2) is 5.82 Å². The van der Waals surface area contributed by atoms with E-state index in [2.05, 4.69) is 55.7 Å². The smallest absolute Gasteiger partial charge is 0.258 e. The van der Waals surface area contributed by atoms with E-state index in [1.165, 1.54) is 18.4 Å². The van der Waals surface area contributed by atoms with Crippen LogP contribution in [0.1, 0.15) is 24.2 Å². The standard InChI is InChI=1S/C21H25N5O/c1-16-24-21(27-25-16)19-7-10-22-20(13-19)23-14-17-8-11-26(12-9-17)15-18-5-3-2-4-6-18/h2-7,10,13,17H,8-9,11-12,14-15H2,1H3,(H,22,23). The molecule has 3 aromatic rings. The molecule has 4 rings (SSSR count). The third kappa shape index (κ3) is 4.71. The van der Waals surface area contributed by atoms with Crippen LogP contribution in [-0.4, -0.2) is 39.7 Å². The molecule has 0 spiro atoms. The molecule has 1 N–H and O–H groups in total. The largest absolute Gasteiger partial charge is 0.370 e. The Morgan fingerprint density at radius 2 is 1.96 bits per heavy atom. The van der Waals surface area contributed by atoms with Crippen molar-refractivity contribution < 1.29 is 4.52 Å². The van der Waals surface area contributed by atoms with E-state index in [1.807, 2.05) is 19.1 Å². The molecule has 6 heteroatoms. The lowest BCUT2D eigenvalue weighted by molar-refractivity contribution is 0.182. The van der Waals surface area contributed by atoms with Gasteiger partial charge in [-0.15, -0.1) is 0 Å². The molecule has 0 amide bonds. The van der Waals surface area contributed by atoms with Gasteiger partial charge in [-0.2, -0.15) is 4.98 Å². The Labute approximate surface area is 159 Å². The van der Waals surface area contributed by atoms with Crippen molar-refractivity contribution in [3.63, 3.8) is 0 Å². The van der Waals surface area contributed by atoms with E-state index < -0.39 is 0 Å². The number of nitrogens with one attached hydrogen (secondary N) is 1. The van der Waals surface area contributed by atoms with Gasteiger partial charge in [-0.1, -0.05) is 35.5 Å². The van der Waals surface area contributed by atoms with E-state index in [0.717, 1.165) is 37.6 Å². The van der Waals surface area contributed by atoms with Gasteiger partial charge >= 0.3 is 0 Å². The van der Waals surface area contributed by atoms with E-state index in [1.54, 1.807) is 6.20 Å². The van der Waals surface area contributed by atoms with Crippen LogP contribution in [-0.2, 0) is 6.54 Å². The number of nitrogens with zero attached hydrogens (tertiary/aromatic N) is 4. The highest BCUT2D eigenvalue weighted by Crippen LogP contribution is 2.22. The fourth-order valence-corrected chi connectivity index (χ4v) is 3.51. The van der Waals surface area contributed by atoms with Gasteiger partial charge in [-0.3, -0.25) is 4.90 Å². The molecule has 0 bridgehead atoms. The normalized spacial score (nSPS) is 15.7. The number of aryl methyl sites for hydroxylation is 1. The van der Waals surface area contributed by atoms with Crippen molar-refractivity contribution in [2.24, 2.45) is 5.92 Å². The molecular weight excluding hydrogens is 338 g/mol. The maximum Gasteiger partial charge on any atom is 0.258 e. The summed E-state index contributed by atoms with van der Waals surface area (Å²) in [5.41, 5.74) is 2.29. The SMILES string of the molecule is Cc1noc(-c2ccnc(NCC3CCN(Cc4ccccc4)CC3)c2)n1. The van der Waals surface area contributed by atoms with Crippen molar-refractivity contribution in [1.82, 2.24) is 20.0 Å². The second-order valence-corrected chi connectivity index (χ2v) is 7.16. The molecule has 1 aromatic carbocycles. The summed E-state index contributed by atoms with van der Waals surface area (Å²) in [6.07, 6.45) is 4.20. The first kappa shape index (κ1) is 17.7. The van der Waals surface area contributed by atoms with Gasteiger partial charge in [-0.05, 0) is 56.5 Å². The van der Waals surface area contributed by atoms with Crippen LogP contribution in [0, 0.1) is 12.8 Å². The highest BCUT2D eigenvalue weighted by Gasteiger charge is 2.19. The van der Waals surface area contributed by atoms with Gasteiger partial charge in [0.25, 0.3) is 5.89 Å². The predicted molar refractivity (Wildman–Crippen MR) is 105 cm³/mol. The zero-order valence-electron chi connectivity index (χ0n) is 15.6. The van der Waals surface area contributed by atoms with Crippen LogP contribution in [0.15, 0.2) is 53.2 Å². The molecule has 0 unspecified atom stereocenters. The van der Waals surface area contributed by atoms with E-state index in [0.29, 0.717) is 17.6 Å². The van der Waals surface area contributed by atoms with Crippen molar-refractivity contribution in [1.29, 1.82) is 0 Å². The topological polar surface area (TPSA) is 67.1 Å². The zero-order valence-corrected chi connectivity index (χ0v) is 15.6. The molecule has 3 heterocycles. The zero-order chi connectivity index (χ0) is 18.5. The summed E-state index contributed by atoms with van der Waals surface area (Å²) in [5.74, 6) is 2.70. The molecule has 0 atom stereocenters. The van der Waals surface area contributed by atoms with Crippen molar-refractivity contribution in [2.75, 3.05) is 25.0 Å². The highest BCUT2D eigenvalue weighted by atomic mass is 16.5. The van der Waals surface area contributed by atoms with E-state index in [9.17, 15) is 0 Å². The number of hydrogen-bond acceptors (Lipinski definition) is 6. The molecule has 0 aliphatic carbocycles. The Kier molecular flexibility index (Phi) is 5.44. The molecule has 6 nitrogen and oxygen atoms in total. The predicted octanol–water partition coefficient (Wildman–Crippen LogP) is 3.76. The van der Waals surface area contributed by atoms with Crippen LogP contribution in [0.2, 0.25) is 0 Å². The maximum atomic E-state index is 5.24. The minimum atomic E-state index is 0.534. The number of aromatic nitrogens is 3. The summed E-state index contributed by atoms with van der Waals surface area (Å²) >= 11 is 0. The summed E-state index contributed by atoms with van der Waals surface area (Å²) in [4.78, 5) is 11.2. The average Bonchev–Trinajstić information content (AvgIpc) is 3.15. The number of benzene rings is 1. The summed E-state index contributed by atoms with van der Waals surface area (Å²) in [5, 5.41) is 7.32. The second-order valence-electron chi connectivity index (χ2n) is 7.16. The molecule has 2 aromatic heterocycles. The minimum absolute atomic E-state index is 0.534. The monoisotopic (exact) mass is 363 g/mol. The van der Waals surface area contributed by atoms with Gasteiger partial charge in [0.05, 0.1) is 0 Å². The molecule has 0 radical (unpaired) electrons. The lowest BCUT2D eigenvalue weighted by Crippen LogP contribution is -2.35. The summed E-state index contributed by atoms with van der Waals surface area (Å²) in [6.45, 7) is 6.11. The number of hydrogen-bond donors (Lipinski definition) is 1. The second kappa shape index (κ2) is 8.31. The van der Waals surface area contributed by atoms with Gasteiger partial charge in [0.2, 0.25) is 0 Å². The maximum absolute atomic E-state index is 5.24. The van der Waals surface area contributed by atoms with Gasteiger partial charge in [-0.25, -0.2) is 4.98 Å². The van der Waals surface area contributed by atoms with Crippen LogP contribution in [0.3, 0.4) is 0 Å². The Hall–Kier alpha value is -2.73. The summed E-state index contributed by atoms with van der Waals surface area (Å²) in [7, 11) is 0. The summed E-state index contributed by atoms with van der Waals surface area (Å²) in [6, 6.07) is 14.6. The van der Waals surface area contributed by atoms with Crippen LogP contribution < -0.4 is 5.32 Å². The molecule has 1 aliphatic rings. The van der Waals surface area contributed by atoms with Gasteiger partial charge in [0, 0.05) is 24.8 Å². The van der Waals surface area contributed by atoms with Crippen molar-refractivity contribution in [3.8, 4) is 11.5 Å². The molecule has 27 heavy (non-hydrogen) atoms. The number of pyridine rings is 1. The first-order chi connectivity index (χ1) is 13.3. The molecule has 140 valence electrons. The quantitative estimate of drug-likeness (QED) is 0.719. The van der Waals surface area contributed by atoms with Gasteiger partial charge in [0.1, 0.15) is 5.82 Å². The molecule has 0 saturated carbocycles. The Morgan fingerprint density at radius 3 is 2.70 bits per heavy atom. The summed E-state index contributed by atoms with van der Waals surface area (Å²) < 4.78 is 5.24. The van der Waals surface area contributed by atoms with E-state index in [-0.39, 0.29) is 0 Å². The Bertz CT molecular complexity index is 856. The Balaban J connectivity index is 1.26. The first-order valence-corrected chi connectivity index (χ1v) is 9.53. The molecular formula is C21H25N5O. The number of piperidine rings is 1. The van der Waals surface area contributed by atoms with Crippen LogP contribution >= 0.6 is 0 Å². The lowest BCUT2D eigenvalue weighted by Gasteiger charge is -2.32. The van der Waals surface area contributed by atoms with Crippen LogP contribution in [0.5, 0.6) is 0 Å². The molecule has 1 saturated heterocycles. The number of likely N-dealkylation sites (tertiary alicyclic amines) is 1. The highest BCUT2D eigenvalue weighted by molar-refractivity contribution is 5.57. The first-order valence-electron chi connectivity index (χ1n) is 9.53. The van der Waals surface area contributed by atoms with E-state index in [4.69, 9.17) is 4.52 Å². The van der Waals surface area contributed by atoms with Crippen molar-refractivity contribution in [2.45, 2.75) is 26.3 Å². The third-order valence-electron chi connectivity index (χ3n) is 5.06. The van der Waals surface area contributed by atoms with Gasteiger partial charge < -0.3 is 9.84 Å². The molecule has 1 fully saturated rings. The molecule has 1 aliphatic heterocycles. The van der Waals surface area contributed by atoms with Crippen molar-refractivity contribution in [3.05, 3.63) is 60.0 Å². The van der Waals surface area contributed by atoms with Crippen LogP contribution in [0.4, 0.5) is 5.82 Å². The van der Waals surface area contributed by atoms with E-state index >= 15 is 0 Å². The fourth-order valence-electron chi connectivity index (χ4n) is 3.51. The average molecular weight is 363 g/mol. The minimum Gasteiger partial charge on any atom is -0.370 e. The number of anilines is 1. The Morgan fingerprint density at radius 1 is 1.15 bits per heavy atom. The number of rotatable bonds is 6.